The van der Waals surface area contributed by atoms with Crippen LogP contribution in [0.1, 0.15) is 19.5 Å². The molecule has 0 aliphatic rings. The molecule has 0 aliphatic heterocycles. The van der Waals surface area contributed by atoms with Gasteiger partial charge >= 0.3 is 12.1 Å². The van der Waals surface area contributed by atoms with Crippen molar-refractivity contribution in [3.8, 4) is 0 Å². The van der Waals surface area contributed by atoms with Gasteiger partial charge in [0.1, 0.15) is 5.82 Å². The zero-order valence-electron chi connectivity index (χ0n) is 10.4. The fourth-order valence-corrected chi connectivity index (χ4v) is 1.40. The van der Waals surface area contributed by atoms with Gasteiger partial charge in [-0.25, -0.2) is 0 Å². The number of carboxylic acid groups (broad SMARTS) is 1. The number of nitrogens with zero attached hydrogens (tertiary/aromatic N) is 2. The average Bonchev–Trinajstić information content (AvgIpc) is 2.27. The Bertz CT molecular complexity index is 432. The minimum absolute atomic E-state index is 0.0764. The lowest BCUT2D eigenvalue weighted by atomic mass is 9.96. The van der Waals surface area contributed by atoms with E-state index in [4.69, 9.17) is 5.11 Å². The summed E-state index contributed by atoms with van der Waals surface area (Å²) in [7, 11) is 0. The molecule has 106 valence electrons. The van der Waals surface area contributed by atoms with Crippen molar-refractivity contribution < 1.29 is 23.1 Å². The van der Waals surface area contributed by atoms with Crippen molar-refractivity contribution in [2.24, 2.45) is 11.8 Å². The molecule has 0 amide bonds. The standard InChI is InChI=1S/C11H14F3N3O2/c1-6(2)7(10(18)19)5-15-9-4-3-8(16-17-9)11(12,13)14/h3-4,6-7H,5H2,1-2H3,(H,15,17)(H,18,19). The summed E-state index contributed by atoms with van der Waals surface area (Å²) in [5.41, 5.74) is -1.09. The second kappa shape index (κ2) is 5.85. The molecule has 0 saturated carbocycles. The first-order chi connectivity index (χ1) is 8.71. The molecule has 1 atom stereocenters. The largest absolute Gasteiger partial charge is 0.481 e. The number of alkyl halides is 3. The minimum atomic E-state index is -4.53. The predicted octanol–water partition coefficient (Wildman–Crippen LogP) is 2.26. The lowest BCUT2D eigenvalue weighted by Crippen LogP contribution is -2.27. The number of hydrogen-bond donors (Lipinski definition) is 2. The molecule has 1 heterocycles. The van der Waals surface area contributed by atoms with Gasteiger partial charge in [-0.05, 0) is 18.1 Å². The Morgan fingerprint density at radius 3 is 2.37 bits per heavy atom. The van der Waals surface area contributed by atoms with Gasteiger partial charge in [-0.15, -0.1) is 10.2 Å². The number of hydrogen-bond acceptors (Lipinski definition) is 4. The summed E-state index contributed by atoms with van der Waals surface area (Å²) >= 11 is 0. The van der Waals surface area contributed by atoms with Gasteiger partial charge in [-0.3, -0.25) is 4.79 Å². The maximum Gasteiger partial charge on any atom is 0.435 e. The van der Waals surface area contributed by atoms with Crippen molar-refractivity contribution >= 4 is 11.8 Å². The molecule has 0 fully saturated rings. The summed E-state index contributed by atoms with van der Waals surface area (Å²) in [6.07, 6.45) is -4.53. The number of aromatic nitrogens is 2. The molecule has 8 heteroatoms. The highest BCUT2D eigenvalue weighted by molar-refractivity contribution is 5.71. The summed E-state index contributed by atoms with van der Waals surface area (Å²) in [6.45, 7) is 3.57. The zero-order valence-corrected chi connectivity index (χ0v) is 10.4. The molecule has 0 aromatic carbocycles. The van der Waals surface area contributed by atoms with Crippen LogP contribution in [0.3, 0.4) is 0 Å². The van der Waals surface area contributed by atoms with E-state index in [1.807, 2.05) is 0 Å². The predicted molar refractivity (Wildman–Crippen MR) is 61.5 cm³/mol. The van der Waals surface area contributed by atoms with E-state index in [-0.39, 0.29) is 18.3 Å². The number of nitrogens with one attached hydrogen (secondary N) is 1. The number of aliphatic carboxylic acids is 1. The fourth-order valence-electron chi connectivity index (χ4n) is 1.40. The molecule has 0 aliphatic carbocycles. The van der Waals surface area contributed by atoms with Crippen molar-refractivity contribution in [3.63, 3.8) is 0 Å². The Hall–Kier alpha value is -1.86. The average molecular weight is 277 g/mol. The van der Waals surface area contributed by atoms with E-state index in [1.54, 1.807) is 13.8 Å². The van der Waals surface area contributed by atoms with Crippen LogP contribution in [-0.4, -0.2) is 27.8 Å². The Kier molecular flexibility index (Phi) is 4.68. The number of halogens is 3. The quantitative estimate of drug-likeness (QED) is 0.863. The smallest absolute Gasteiger partial charge is 0.435 e. The van der Waals surface area contributed by atoms with Gasteiger partial charge in [-0.1, -0.05) is 13.8 Å². The second-order valence-corrected chi connectivity index (χ2v) is 4.37. The van der Waals surface area contributed by atoms with Crippen LogP contribution < -0.4 is 5.32 Å². The van der Waals surface area contributed by atoms with Crippen molar-refractivity contribution in [3.05, 3.63) is 17.8 Å². The van der Waals surface area contributed by atoms with E-state index >= 15 is 0 Å². The number of carboxylic acids is 1. The van der Waals surface area contributed by atoms with Crippen LogP contribution in [0.5, 0.6) is 0 Å². The highest BCUT2D eigenvalue weighted by Gasteiger charge is 2.32. The lowest BCUT2D eigenvalue weighted by molar-refractivity contribution is -0.143. The fraction of sp³-hybridized carbons (Fsp3) is 0.545. The molecule has 2 N–H and O–H groups in total. The lowest BCUT2D eigenvalue weighted by Gasteiger charge is -2.16. The molecule has 19 heavy (non-hydrogen) atoms. The first-order valence-corrected chi connectivity index (χ1v) is 5.59. The third-order valence-electron chi connectivity index (χ3n) is 2.58. The summed E-state index contributed by atoms with van der Waals surface area (Å²) < 4.78 is 36.7. The number of anilines is 1. The van der Waals surface area contributed by atoms with Gasteiger partial charge in [0, 0.05) is 6.54 Å². The SMILES string of the molecule is CC(C)C(CNc1ccc(C(F)(F)F)nn1)C(=O)O. The molecule has 0 spiro atoms. The van der Waals surface area contributed by atoms with Gasteiger partial charge in [-0.2, -0.15) is 13.2 Å². The minimum Gasteiger partial charge on any atom is -0.481 e. The first kappa shape index (κ1) is 15.2. The van der Waals surface area contributed by atoms with Crippen LogP contribution in [0.4, 0.5) is 19.0 Å². The summed E-state index contributed by atoms with van der Waals surface area (Å²) in [5, 5.41) is 18.0. The Balaban J connectivity index is 2.66. The van der Waals surface area contributed by atoms with Gasteiger partial charge in [0.25, 0.3) is 0 Å². The monoisotopic (exact) mass is 277 g/mol. The zero-order chi connectivity index (χ0) is 14.6. The van der Waals surface area contributed by atoms with Crippen molar-refractivity contribution in [2.75, 3.05) is 11.9 Å². The van der Waals surface area contributed by atoms with E-state index in [0.29, 0.717) is 0 Å². The Labute approximate surface area is 107 Å². The van der Waals surface area contributed by atoms with Crippen LogP contribution in [-0.2, 0) is 11.0 Å². The van der Waals surface area contributed by atoms with Crippen molar-refractivity contribution in [1.29, 1.82) is 0 Å². The van der Waals surface area contributed by atoms with Gasteiger partial charge in [0.2, 0.25) is 0 Å². The second-order valence-electron chi connectivity index (χ2n) is 4.37. The topological polar surface area (TPSA) is 75.1 Å². The molecular formula is C11H14F3N3O2. The molecular weight excluding hydrogens is 263 g/mol. The summed E-state index contributed by atoms with van der Waals surface area (Å²) in [5.74, 6) is -1.61. The third-order valence-corrected chi connectivity index (χ3v) is 2.58. The molecule has 0 radical (unpaired) electrons. The van der Waals surface area contributed by atoms with E-state index in [1.165, 1.54) is 0 Å². The van der Waals surface area contributed by atoms with Crippen LogP contribution in [0.25, 0.3) is 0 Å². The molecule has 0 saturated heterocycles. The van der Waals surface area contributed by atoms with Crippen LogP contribution in [0.15, 0.2) is 12.1 Å². The maximum atomic E-state index is 12.2. The Morgan fingerprint density at radius 2 is 2.00 bits per heavy atom. The van der Waals surface area contributed by atoms with Crippen LogP contribution in [0, 0.1) is 11.8 Å². The van der Waals surface area contributed by atoms with Gasteiger partial charge in [0.15, 0.2) is 5.69 Å². The number of carbonyl (C=O) groups is 1. The normalized spacial score (nSPS) is 13.4. The molecule has 1 rings (SSSR count). The van der Waals surface area contributed by atoms with E-state index in [9.17, 15) is 18.0 Å². The highest BCUT2D eigenvalue weighted by atomic mass is 19.4. The van der Waals surface area contributed by atoms with Crippen molar-refractivity contribution in [1.82, 2.24) is 10.2 Å². The summed E-state index contributed by atoms with van der Waals surface area (Å²) in [4.78, 5) is 10.9. The van der Waals surface area contributed by atoms with E-state index in [0.717, 1.165) is 12.1 Å². The van der Waals surface area contributed by atoms with Gasteiger partial charge in [0.05, 0.1) is 5.92 Å². The molecule has 1 aromatic heterocycles. The van der Waals surface area contributed by atoms with Crippen LogP contribution >= 0.6 is 0 Å². The van der Waals surface area contributed by atoms with Crippen molar-refractivity contribution in [2.45, 2.75) is 20.0 Å². The third kappa shape index (κ3) is 4.38. The molecule has 5 nitrogen and oxygen atoms in total. The van der Waals surface area contributed by atoms with E-state index < -0.39 is 23.8 Å². The molecule has 0 bridgehead atoms. The van der Waals surface area contributed by atoms with Gasteiger partial charge < -0.3 is 10.4 Å². The summed E-state index contributed by atoms with van der Waals surface area (Å²) in [6, 6.07) is 1.91. The Morgan fingerprint density at radius 1 is 1.37 bits per heavy atom. The number of rotatable bonds is 5. The maximum absolute atomic E-state index is 12.2. The van der Waals surface area contributed by atoms with E-state index in [2.05, 4.69) is 15.5 Å². The highest BCUT2D eigenvalue weighted by Crippen LogP contribution is 2.27. The van der Waals surface area contributed by atoms with Crippen LogP contribution in [0.2, 0.25) is 0 Å². The molecule has 1 unspecified atom stereocenters. The first-order valence-electron chi connectivity index (χ1n) is 5.59. The molecule has 1 aromatic rings.